The molecule has 11 heteroatoms. The highest BCUT2D eigenvalue weighted by Gasteiger charge is 2.37. The number of carbonyl (C=O) groups is 3. The lowest BCUT2D eigenvalue weighted by Gasteiger charge is -2.36. The van der Waals surface area contributed by atoms with Gasteiger partial charge in [0.15, 0.2) is 6.10 Å². The highest BCUT2D eigenvalue weighted by Crippen LogP contribution is 2.37. The van der Waals surface area contributed by atoms with Gasteiger partial charge >= 0.3 is 0 Å². The number of hydrogen-bond acceptors (Lipinski definition) is 6. The van der Waals surface area contributed by atoms with E-state index < -0.39 is 16.1 Å². The lowest BCUT2D eigenvalue weighted by atomic mass is 9.95. The number of nitrogens with zero attached hydrogens (tertiary/aromatic N) is 2. The molecule has 0 aromatic heterocycles. The molecular weight excluding hydrogens is 472 g/mol. The highest BCUT2D eigenvalue weighted by molar-refractivity contribution is 7.89. The van der Waals surface area contributed by atoms with E-state index >= 15 is 0 Å². The first-order valence-electron chi connectivity index (χ1n) is 11.5. The van der Waals surface area contributed by atoms with Gasteiger partial charge in [0.2, 0.25) is 21.8 Å². The van der Waals surface area contributed by atoms with Crippen LogP contribution in [0.5, 0.6) is 5.75 Å². The summed E-state index contributed by atoms with van der Waals surface area (Å²) in [6, 6.07) is 10.2. The molecule has 0 spiro atoms. The Balaban J connectivity index is 1.32. The Morgan fingerprint density at radius 3 is 2.51 bits per heavy atom. The standard InChI is InChI=1S/C24H26N4O6S/c1-14-11-18-20(34-15(2)23(30)26-18)12-21(14)35(32,33)27-9-7-16(8-10-27)24(31)28-13-22(29)25-17-5-3-4-6-19(17)28/h3-6,11-12,15-16H,7-10,13H2,1-2H3,(H,25,29)(H,26,30). The van der Waals surface area contributed by atoms with Crippen LogP contribution in [0.25, 0.3) is 0 Å². The predicted molar refractivity (Wildman–Crippen MR) is 129 cm³/mol. The molecule has 1 saturated heterocycles. The van der Waals surface area contributed by atoms with Gasteiger partial charge in [0.05, 0.1) is 22.0 Å². The Kier molecular flexibility index (Phi) is 5.76. The molecule has 2 aromatic carbocycles. The number of amides is 3. The summed E-state index contributed by atoms with van der Waals surface area (Å²) >= 11 is 0. The summed E-state index contributed by atoms with van der Waals surface area (Å²) < 4.78 is 33.9. The number of rotatable bonds is 3. The zero-order chi connectivity index (χ0) is 24.9. The quantitative estimate of drug-likeness (QED) is 0.668. The number of para-hydroxylation sites is 2. The largest absolute Gasteiger partial charge is 0.479 e. The van der Waals surface area contributed by atoms with Crippen molar-refractivity contribution in [3.8, 4) is 5.75 Å². The minimum Gasteiger partial charge on any atom is -0.479 e. The van der Waals surface area contributed by atoms with Crippen LogP contribution in [0.2, 0.25) is 0 Å². The van der Waals surface area contributed by atoms with Crippen molar-refractivity contribution in [3.05, 3.63) is 42.0 Å². The smallest absolute Gasteiger partial charge is 0.265 e. The number of aryl methyl sites for hydroxylation is 1. The maximum Gasteiger partial charge on any atom is 0.265 e. The van der Waals surface area contributed by atoms with Crippen molar-refractivity contribution in [2.75, 3.05) is 35.2 Å². The van der Waals surface area contributed by atoms with Crippen molar-refractivity contribution in [2.45, 2.75) is 37.7 Å². The molecule has 0 radical (unpaired) electrons. The van der Waals surface area contributed by atoms with Crippen LogP contribution in [0.3, 0.4) is 0 Å². The van der Waals surface area contributed by atoms with E-state index in [0.29, 0.717) is 41.2 Å². The first-order chi connectivity index (χ1) is 16.6. The fourth-order valence-corrected chi connectivity index (χ4v) is 6.44. The third-order valence-corrected chi connectivity index (χ3v) is 8.71. The Bertz CT molecular complexity index is 1330. The lowest BCUT2D eigenvalue weighted by molar-refractivity contribution is -0.125. The van der Waals surface area contributed by atoms with Crippen molar-refractivity contribution in [1.29, 1.82) is 0 Å². The number of ether oxygens (including phenoxy) is 1. The van der Waals surface area contributed by atoms with Gasteiger partial charge in [-0.05, 0) is 50.5 Å². The molecule has 0 saturated carbocycles. The molecule has 10 nitrogen and oxygen atoms in total. The summed E-state index contributed by atoms with van der Waals surface area (Å²) in [4.78, 5) is 38.9. The van der Waals surface area contributed by atoms with Gasteiger partial charge in [-0.2, -0.15) is 4.31 Å². The lowest BCUT2D eigenvalue weighted by Crippen LogP contribution is -2.48. The number of benzene rings is 2. The van der Waals surface area contributed by atoms with Crippen molar-refractivity contribution in [1.82, 2.24) is 4.31 Å². The van der Waals surface area contributed by atoms with E-state index in [4.69, 9.17) is 4.74 Å². The molecule has 3 aliphatic rings. The van der Waals surface area contributed by atoms with E-state index in [1.54, 1.807) is 38.1 Å². The Labute approximate surface area is 203 Å². The normalized spacial score (nSPS) is 20.9. The van der Waals surface area contributed by atoms with E-state index in [1.165, 1.54) is 15.3 Å². The second kappa shape index (κ2) is 8.65. The topological polar surface area (TPSA) is 125 Å². The SMILES string of the molecule is Cc1cc2c(cc1S(=O)(=O)N1CCC(C(=O)N3CC(=O)Nc4ccccc43)CC1)OC(C)C(=O)N2. The van der Waals surface area contributed by atoms with Gasteiger partial charge in [-0.25, -0.2) is 8.42 Å². The fourth-order valence-electron chi connectivity index (χ4n) is 4.75. The van der Waals surface area contributed by atoms with Gasteiger partial charge in [0.25, 0.3) is 5.91 Å². The molecule has 5 rings (SSSR count). The molecule has 35 heavy (non-hydrogen) atoms. The Morgan fingerprint density at radius 1 is 1.06 bits per heavy atom. The van der Waals surface area contributed by atoms with Gasteiger partial charge in [0, 0.05) is 25.1 Å². The van der Waals surface area contributed by atoms with Crippen LogP contribution in [-0.4, -0.2) is 56.2 Å². The maximum atomic E-state index is 13.5. The van der Waals surface area contributed by atoms with Gasteiger partial charge < -0.3 is 20.3 Å². The summed E-state index contributed by atoms with van der Waals surface area (Å²) in [5.41, 5.74) is 2.18. The molecule has 1 atom stereocenters. The summed E-state index contributed by atoms with van der Waals surface area (Å²) in [6.45, 7) is 3.58. The van der Waals surface area contributed by atoms with Crippen LogP contribution in [0.15, 0.2) is 41.3 Å². The van der Waals surface area contributed by atoms with Crippen LogP contribution >= 0.6 is 0 Å². The average molecular weight is 499 g/mol. The van der Waals surface area contributed by atoms with E-state index in [0.717, 1.165) is 0 Å². The molecule has 1 unspecified atom stereocenters. The number of nitrogens with one attached hydrogen (secondary N) is 2. The summed E-state index contributed by atoms with van der Waals surface area (Å²) in [7, 11) is -3.84. The van der Waals surface area contributed by atoms with Crippen molar-refractivity contribution in [3.63, 3.8) is 0 Å². The zero-order valence-electron chi connectivity index (χ0n) is 19.4. The minimum absolute atomic E-state index is 0.0579. The molecule has 184 valence electrons. The van der Waals surface area contributed by atoms with Crippen molar-refractivity contribution in [2.24, 2.45) is 5.92 Å². The summed E-state index contributed by atoms with van der Waals surface area (Å²) in [5, 5.41) is 5.50. The van der Waals surface area contributed by atoms with Crippen LogP contribution in [0, 0.1) is 12.8 Å². The van der Waals surface area contributed by atoms with Crippen molar-refractivity contribution >= 4 is 44.8 Å². The highest BCUT2D eigenvalue weighted by atomic mass is 32.2. The second-order valence-electron chi connectivity index (χ2n) is 9.03. The second-order valence-corrected chi connectivity index (χ2v) is 10.9. The molecule has 3 aliphatic heterocycles. The zero-order valence-corrected chi connectivity index (χ0v) is 20.2. The molecule has 2 aromatic rings. The molecule has 1 fully saturated rings. The van der Waals surface area contributed by atoms with Gasteiger partial charge in [0.1, 0.15) is 12.3 Å². The van der Waals surface area contributed by atoms with Crippen LogP contribution < -0.4 is 20.3 Å². The van der Waals surface area contributed by atoms with E-state index in [-0.39, 0.29) is 48.2 Å². The van der Waals surface area contributed by atoms with Gasteiger partial charge in [-0.3, -0.25) is 14.4 Å². The van der Waals surface area contributed by atoms with Crippen LogP contribution in [0.4, 0.5) is 17.1 Å². The first kappa shape index (κ1) is 23.3. The minimum atomic E-state index is -3.84. The van der Waals surface area contributed by atoms with Crippen LogP contribution in [0.1, 0.15) is 25.3 Å². The first-order valence-corrected chi connectivity index (χ1v) is 12.9. The number of carbonyl (C=O) groups excluding carboxylic acids is 3. The van der Waals surface area contributed by atoms with Gasteiger partial charge in [-0.1, -0.05) is 12.1 Å². The maximum absolute atomic E-state index is 13.5. The summed E-state index contributed by atoms with van der Waals surface area (Å²) in [5.74, 6) is -0.786. The molecule has 0 bridgehead atoms. The molecule has 2 N–H and O–H groups in total. The molecule has 3 amide bonds. The van der Waals surface area contributed by atoms with E-state index in [9.17, 15) is 22.8 Å². The number of hydrogen-bond donors (Lipinski definition) is 2. The summed E-state index contributed by atoms with van der Waals surface area (Å²) in [6.07, 6.45) is -0.0118. The van der Waals surface area contributed by atoms with E-state index in [2.05, 4.69) is 10.6 Å². The number of piperidine rings is 1. The van der Waals surface area contributed by atoms with Crippen LogP contribution in [-0.2, 0) is 24.4 Å². The van der Waals surface area contributed by atoms with Gasteiger partial charge in [-0.15, -0.1) is 0 Å². The van der Waals surface area contributed by atoms with Crippen molar-refractivity contribution < 1.29 is 27.5 Å². The molecular formula is C24H26N4O6S. The number of fused-ring (bicyclic) bond motifs is 2. The average Bonchev–Trinajstić information content (AvgIpc) is 2.83. The number of sulfonamides is 1. The monoisotopic (exact) mass is 498 g/mol. The molecule has 3 heterocycles. The third-order valence-electron chi connectivity index (χ3n) is 6.67. The fraction of sp³-hybridized carbons (Fsp3) is 0.375. The number of anilines is 3. The third kappa shape index (κ3) is 4.14. The van der Waals surface area contributed by atoms with E-state index in [1.807, 2.05) is 6.07 Å². The predicted octanol–water partition coefficient (Wildman–Crippen LogP) is 2.10. The molecule has 0 aliphatic carbocycles. The Morgan fingerprint density at radius 2 is 1.77 bits per heavy atom. The Hall–Kier alpha value is -3.44.